The van der Waals surface area contributed by atoms with Crippen molar-refractivity contribution in [2.24, 2.45) is 0 Å². The third-order valence-electron chi connectivity index (χ3n) is 5.85. The number of ether oxygens (including phenoxy) is 1. The van der Waals surface area contributed by atoms with E-state index in [1.807, 2.05) is 41.3 Å². The van der Waals surface area contributed by atoms with Crippen LogP contribution in [0.25, 0.3) is 0 Å². The molecular weight excluding hydrogens is 390 g/mol. The first-order chi connectivity index (χ1) is 13.9. The Labute approximate surface area is 175 Å². The van der Waals surface area contributed by atoms with Gasteiger partial charge in [0.15, 0.2) is 5.54 Å². The lowest BCUT2D eigenvalue weighted by Crippen LogP contribution is -2.57. The fraction of sp³-hybridized carbons (Fsp3) is 0.364. The summed E-state index contributed by atoms with van der Waals surface area (Å²) in [6.07, 6.45) is 1.53. The molecule has 6 nitrogen and oxygen atoms in total. The summed E-state index contributed by atoms with van der Waals surface area (Å²) in [6, 6.07) is 12.5. The minimum absolute atomic E-state index is 0.00644. The Morgan fingerprint density at radius 3 is 2.79 bits per heavy atom. The molecule has 2 aliphatic rings. The van der Waals surface area contributed by atoms with Gasteiger partial charge in [0.2, 0.25) is 5.91 Å². The van der Waals surface area contributed by atoms with Crippen molar-refractivity contribution >= 4 is 29.1 Å². The van der Waals surface area contributed by atoms with Crippen LogP contribution in [0.4, 0.5) is 5.69 Å². The van der Waals surface area contributed by atoms with Gasteiger partial charge in [0.1, 0.15) is 5.75 Å². The number of nitrogens with one attached hydrogen (secondary N) is 1. The highest BCUT2D eigenvalue weighted by Gasteiger charge is 2.57. The van der Waals surface area contributed by atoms with Gasteiger partial charge in [-0.1, -0.05) is 23.7 Å². The molecular formula is C22H24ClN3O3. The van der Waals surface area contributed by atoms with Crippen LogP contribution < -0.4 is 10.1 Å². The summed E-state index contributed by atoms with van der Waals surface area (Å²) >= 11 is 6.34. The molecule has 0 bridgehead atoms. The van der Waals surface area contributed by atoms with Crippen LogP contribution >= 0.6 is 11.6 Å². The molecule has 7 heteroatoms. The molecule has 1 fully saturated rings. The number of benzene rings is 2. The van der Waals surface area contributed by atoms with Crippen molar-refractivity contribution in [3.8, 4) is 5.75 Å². The van der Waals surface area contributed by atoms with Crippen molar-refractivity contribution < 1.29 is 14.3 Å². The van der Waals surface area contributed by atoms with Gasteiger partial charge in [0.05, 0.1) is 13.2 Å². The fourth-order valence-electron chi connectivity index (χ4n) is 4.57. The summed E-state index contributed by atoms with van der Waals surface area (Å²) in [5.74, 6) is 0.467. The first kappa shape index (κ1) is 19.7. The van der Waals surface area contributed by atoms with Crippen molar-refractivity contribution in [2.45, 2.75) is 24.4 Å². The molecule has 29 heavy (non-hydrogen) atoms. The van der Waals surface area contributed by atoms with Crippen LogP contribution in [0.3, 0.4) is 0 Å². The molecule has 4 rings (SSSR count). The van der Waals surface area contributed by atoms with Gasteiger partial charge in [0, 0.05) is 36.9 Å². The molecule has 2 heterocycles. The van der Waals surface area contributed by atoms with E-state index in [0.29, 0.717) is 29.4 Å². The number of amides is 2. The van der Waals surface area contributed by atoms with Crippen LogP contribution in [0, 0.1) is 0 Å². The van der Waals surface area contributed by atoms with Crippen LogP contribution in [0.15, 0.2) is 42.5 Å². The van der Waals surface area contributed by atoms with Crippen LogP contribution in [0.5, 0.6) is 5.75 Å². The molecule has 0 saturated carbocycles. The summed E-state index contributed by atoms with van der Waals surface area (Å²) in [4.78, 5) is 30.2. The number of rotatable bonds is 4. The van der Waals surface area contributed by atoms with Gasteiger partial charge in [-0.3, -0.25) is 14.5 Å². The van der Waals surface area contributed by atoms with Gasteiger partial charge >= 0.3 is 0 Å². The first-order valence-corrected chi connectivity index (χ1v) is 10.0. The maximum atomic E-state index is 13.6. The quantitative estimate of drug-likeness (QED) is 0.836. The molecule has 2 aromatic carbocycles. The highest BCUT2D eigenvalue weighted by molar-refractivity contribution is 6.31. The van der Waals surface area contributed by atoms with Crippen molar-refractivity contribution in [1.82, 2.24) is 9.80 Å². The molecule has 0 aromatic heterocycles. The molecule has 152 valence electrons. The molecule has 1 N–H and O–H groups in total. The highest BCUT2D eigenvalue weighted by Crippen LogP contribution is 2.49. The van der Waals surface area contributed by atoms with E-state index in [0.717, 1.165) is 17.5 Å². The molecule has 2 amide bonds. The summed E-state index contributed by atoms with van der Waals surface area (Å²) in [7, 11) is 5.09. The van der Waals surface area contributed by atoms with Gasteiger partial charge in [-0.2, -0.15) is 0 Å². The predicted molar refractivity (Wildman–Crippen MR) is 112 cm³/mol. The standard InChI is InChI=1S/C22H24ClN3O3/c1-25(2)20(27)19-8-5-11-26(19)22(14-6-4-7-16(12-14)29-3)17-13-15(23)9-10-18(17)24-21(22)28/h4,6-7,9-10,12-13,19H,5,8,11H2,1-3H3,(H,24,28)/t19-,22?/m0/s1. The van der Waals surface area contributed by atoms with Gasteiger partial charge < -0.3 is 15.0 Å². The summed E-state index contributed by atoms with van der Waals surface area (Å²) in [5.41, 5.74) is 1.09. The maximum Gasteiger partial charge on any atom is 0.254 e. The van der Waals surface area contributed by atoms with E-state index in [2.05, 4.69) is 5.32 Å². The Morgan fingerprint density at radius 1 is 1.28 bits per heavy atom. The third kappa shape index (κ3) is 2.98. The smallest absolute Gasteiger partial charge is 0.254 e. The van der Waals surface area contributed by atoms with Crippen LogP contribution in [-0.4, -0.2) is 55.4 Å². The largest absolute Gasteiger partial charge is 0.497 e. The zero-order valence-corrected chi connectivity index (χ0v) is 17.5. The number of methoxy groups -OCH3 is 1. The second kappa shape index (κ2) is 7.35. The Morgan fingerprint density at radius 2 is 2.07 bits per heavy atom. The van der Waals surface area contributed by atoms with Gasteiger partial charge in [-0.25, -0.2) is 0 Å². The van der Waals surface area contributed by atoms with E-state index in [-0.39, 0.29) is 11.8 Å². The molecule has 2 aliphatic heterocycles. The number of hydrogen-bond acceptors (Lipinski definition) is 4. The fourth-order valence-corrected chi connectivity index (χ4v) is 4.74. The number of carbonyl (C=O) groups excluding carboxylic acids is 2. The van der Waals surface area contributed by atoms with Crippen molar-refractivity contribution in [2.75, 3.05) is 33.1 Å². The molecule has 0 radical (unpaired) electrons. The SMILES string of the molecule is COc1cccc(C2(N3CCC[C@H]3C(=O)N(C)C)C(=O)Nc3ccc(Cl)cc32)c1. The molecule has 0 spiro atoms. The average Bonchev–Trinajstić information content (AvgIpc) is 3.29. The van der Waals surface area contributed by atoms with E-state index >= 15 is 0 Å². The Kier molecular flexibility index (Phi) is 5.00. The van der Waals surface area contributed by atoms with Crippen molar-refractivity contribution in [3.05, 3.63) is 58.6 Å². The van der Waals surface area contributed by atoms with E-state index in [1.165, 1.54) is 0 Å². The molecule has 2 aromatic rings. The number of carbonyl (C=O) groups is 2. The van der Waals surface area contributed by atoms with E-state index in [9.17, 15) is 9.59 Å². The minimum Gasteiger partial charge on any atom is -0.497 e. The summed E-state index contributed by atoms with van der Waals surface area (Å²) in [6.45, 7) is 0.626. The Hall–Kier alpha value is -2.57. The highest BCUT2D eigenvalue weighted by atomic mass is 35.5. The van der Waals surface area contributed by atoms with Crippen molar-refractivity contribution in [3.63, 3.8) is 0 Å². The Balaban J connectivity index is 1.98. The zero-order chi connectivity index (χ0) is 20.8. The number of likely N-dealkylation sites (N-methyl/N-ethyl adjacent to an activating group) is 1. The molecule has 0 aliphatic carbocycles. The first-order valence-electron chi connectivity index (χ1n) is 9.63. The normalized spacial score (nSPS) is 23.6. The van der Waals surface area contributed by atoms with Gasteiger partial charge in [0.25, 0.3) is 5.91 Å². The second-order valence-electron chi connectivity index (χ2n) is 7.67. The maximum absolute atomic E-state index is 13.6. The summed E-state index contributed by atoms with van der Waals surface area (Å²) < 4.78 is 5.43. The number of hydrogen-bond donors (Lipinski definition) is 1. The number of anilines is 1. The van der Waals surface area contributed by atoms with E-state index in [1.54, 1.807) is 32.2 Å². The third-order valence-corrected chi connectivity index (χ3v) is 6.08. The van der Waals surface area contributed by atoms with Crippen LogP contribution in [-0.2, 0) is 15.1 Å². The number of fused-ring (bicyclic) bond motifs is 1. The minimum atomic E-state index is -1.15. The second-order valence-corrected chi connectivity index (χ2v) is 8.11. The number of halogens is 1. The number of likely N-dealkylation sites (tertiary alicyclic amines) is 1. The van der Waals surface area contributed by atoms with Crippen LogP contribution in [0.2, 0.25) is 5.02 Å². The van der Waals surface area contributed by atoms with E-state index < -0.39 is 11.6 Å². The lowest BCUT2D eigenvalue weighted by molar-refractivity contribution is -0.138. The number of nitrogens with zero attached hydrogens (tertiary/aromatic N) is 2. The monoisotopic (exact) mass is 413 g/mol. The van der Waals surface area contributed by atoms with Gasteiger partial charge in [-0.15, -0.1) is 0 Å². The molecule has 1 saturated heterocycles. The molecule has 1 unspecified atom stereocenters. The zero-order valence-electron chi connectivity index (χ0n) is 16.7. The lowest BCUT2D eigenvalue weighted by Gasteiger charge is -2.41. The Bertz CT molecular complexity index is 978. The van der Waals surface area contributed by atoms with Crippen LogP contribution in [0.1, 0.15) is 24.0 Å². The lowest BCUT2D eigenvalue weighted by atomic mass is 9.81. The van der Waals surface area contributed by atoms with E-state index in [4.69, 9.17) is 16.3 Å². The topological polar surface area (TPSA) is 61.9 Å². The predicted octanol–water partition coefficient (Wildman–Crippen LogP) is 3.10. The average molecular weight is 414 g/mol. The summed E-state index contributed by atoms with van der Waals surface area (Å²) in [5, 5.41) is 3.56. The molecule has 2 atom stereocenters. The van der Waals surface area contributed by atoms with Crippen molar-refractivity contribution in [1.29, 1.82) is 0 Å². The van der Waals surface area contributed by atoms with Gasteiger partial charge in [-0.05, 0) is 48.7 Å².